The van der Waals surface area contributed by atoms with Crippen molar-refractivity contribution in [3.8, 4) is 0 Å². The van der Waals surface area contributed by atoms with Gasteiger partial charge in [-0.3, -0.25) is 4.79 Å². The number of aryl methyl sites for hydroxylation is 1. The van der Waals surface area contributed by atoms with E-state index in [4.69, 9.17) is 0 Å². The van der Waals surface area contributed by atoms with Crippen LogP contribution >= 0.6 is 11.3 Å². The molecule has 1 heterocycles. The van der Waals surface area contributed by atoms with E-state index in [1.54, 1.807) is 54.6 Å². The van der Waals surface area contributed by atoms with Gasteiger partial charge < -0.3 is 5.32 Å². The highest BCUT2D eigenvalue weighted by atomic mass is 32.2. The first-order valence-electron chi connectivity index (χ1n) is 8.15. The van der Waals surface area contributed by atoms with Crippen molar-refractivity contribution in [2.75, 3.05) is 6.54 Å². The molecule has 0 fully saturated rings. The second-order valence-corrected chi connectivity index (χ2v) is 9.05. The van der Waals surface area contributed by atoms with Crippen molar-refractivity contribution < 1.29 is 13.2 Å². The molecule has 4 nitrogen and oxygen atoms in total. The Morgan fingerprint density at radius 2 is 1.69 bits per heavy atom. The summed E-state index contributed by atoms with van der Waals surface area (Å²) in [6.07, 6.45) is 0. The molecule has 3 rings (SSSR count). The van der Waals surface area contributed by atoms with Crippen LogP contribution in [-0.4, -0.2) is 20.9 Å². The van der Waals surface area contributed by atoms with Crippen LogP contribution in [-0.2, 0) is 9.84 Å². The van der Waals surface area contributed by atoms with Crippen LogP contribution in [0.4, 0.5) is 0 Å². The summed E-state index contributed by atoms with van der Waals surface area (Å²) in [4.78, 5) is 13.3. The monoisotopic (exact) mass is 385 g/mol. The predicted molar refractivity (Wildman–Crippen MR) is 104 cm³/mol. The molecule has 0 saturated heterocycles. The molecule has 0 radical (unpaired) electrons. The van der Waals surface area contributed by atoms with Gasteiger partial charge in [-0.1, -0.05) is 42.0 Å². The van der Waals surface area contributed by atoms with Crippen molar-refractivity contribution >= 4 is 27.1 Å². The molecule has 0 bridgehead atoms. The fourth-order valence-corrected chi connectivity index (χ4v) is 5.39. The van der Waals surface area contributed by atoms with Gasteiger partial charge in [0, 0.05) is 17.0 Å². The van der Waals surface area contributed by atoms with E-state index >= 15 is 0 Å². The molecule has 1 N–H and O–H groups in total. The number of amides is 1. The molecule has 0 aliphatic heterocycles. The lowest BCUT2D eigenvalue weighted by molar-refractivity contribution is 0.0953. The Labute approximate surface area is 157 Å². The Morgan fingerprint density at radius 1 is 1.00 bits per heavy atom. The van der Waals surface area contributed by atoms with Crippen molar-refractivity contribution in [2.45, 2.75) is 17.1 Å². The van der Waals surface area contributed by atoms with E-state index in [1.165, 1.54) is 11.3 Å². The van der Waals surface area contributed by atoms with E-state index in [0.29, 0.717) is 10.4 Å². The van der Waals surface area contributed by atoms with Crippen LogP contribution in [0.5, 0.6) is 0 Å². The number of rotatable bonds is 6. The molecule has 1 unspecified atom stereocenters. The summed E-state index contributed by atoms with van der Waals surface area (Å²) >= 11 is 1.37. The topological polar surface area (TPSA) is 63.2 Å². The molecule has 1 atom stereocenters. The third kappa shape index (κ3) is 4.03. The zero-order valence-corrected chi connectivity index (χ0v) is 15.9. The summed E-state index contributed by atoms with van der Waals surface area (Å²) in [6.45, 7) is 1.93. The molecule has 6 heteroatoms. The van der Waals surface area contributed by atoms with E-state index in [-0.39, 0.29) is 17.3 Å². The smallest absolute Gasteiger partial charge is 0.251 e. The van der Waals surface area contributed by atoms with Crippen molar-refractivity contribution in [1.29, 1.82) is 0 Å². The third-order valence-electron chi connectivity index (χ3n) is 4.07. The summed E-state index contributed by atoms with van der Waals surface area (Å²) in [5.41, 5.74) is 1.50. The first kappa shape index (κ1) is 18.4. The van der Waals surface area contributed by atoms with E-state index in [2.05, 4.69) is 5.32 Å². The van der Waals surface area contributed by atoms with E-state index < -0.39 is 15.1 Å². The zero-order chi connectivity index (χ0) is 18.6. The van der Waals surface area contributed by atoms with Crippen molar-refractivity contribution in [1.82, 2.24) is 5.32 Å². The second-order valence-electron chi connectivity index (χ2n) is 5.94. The summed E-state index contributed by atoms with van der Waals surface area (Å²) in [7, 11) is -3.62. The van der Waals surface area contributed by atoms with Crippen LogP contribution in [0.25, 0.3) is 0 Å². The van der Waals surface area contributed by atoms with Crippen LogP contribution in [0.15, 0.2) is 77.0 Å². The van der Waals surface area contributed by atoms with Crippen LogP contribution in [0, 0.1) is 6.92 Å². The Bertz CT molecular complexity index is 964. The molecule has 1 aromatic heterocycles. The zero-order valence-electron chi connectivity index (χ0n) is 14.3. The lowest BCUT2D eigenvalue weighted by atomic mass is 10.2. The third-order valence-corrected chi connectivity index (χ3v) is 7.30. The second kappa shape index (κ2) is 7.85. The summed E-state index contributed by atoms with van der Waals surface area (Å²) < 4.78 is 26.3. The molecule has 0 aliphatic carbocycles. The van der Waals surface area contributed by atoms with Crippen LogP contribution < -0.4 is 5.32 Å². The normalized spacial score (nSPS) is 12.5. The molecular weight excluding hydrogens is 366 g/mol. The van der Waals surface area contributed by atoms with Crippen LogP contribution in [0.1, 0.15) is 26.0 Å². The molecule has 0 spiro atoms. The van der Waals surface area contributed by atoms with E-state index in [1.807, 2.05) is 24.4 Å². The van der Waals surface area contributed by atoms with Gasteiger partial charge in [-0.15, -0.1) is 11.3 Å². The molecule has 26 heavy (non-hydrogen) atoms. The van der Waals surface area contributed by atoms with Gasteiger partial charge in [-0.25, -0.2) is 8.42 Å². The highest BCUT2D eigenvalue weighted by molar-refractivity contribution is 7.91. The van der Waals surface area contributed by atoms with E-state index in [0.717, 1.165) is 5.56 Å². The Kier molecular flexibility index (Phi) is 5.54. The van der Waals surface area contributed by atoms with Gasteiger partial charge >= 0.3 is 0 Å². The minimum atomic E-state index is -3.62. The van der Waals surface area contributed by atoms with Gasteiger partial charge in [-0.2, -0.15) is 0 Å². The fraction of sp³-hybridized carbons (Fsp3) is 0.150. The fourth-order valence-electron chi connectivity index (χ4n) is 2.61. The Morgan fingerprint density at radius 3 is 2.31 bits per heavy atom. The minimum absolute atomic E-state index is 0.0183. The van der Waals surface area contributed by atoms with Crippen LogP contribution in [0.3, 0.4) is 0 Å². The van der Waals surface area contributed by atoms with Crippen LogP contribution in [0.2, 0.25) is 0 Å². The van der Waals surface area contributed by atoms with Gasteiger partial charge in [0.05, 0.1) is 4.90 Å². The molecule has 0 saturated carbocycles. The molecular formula is C20H19NO3S2. The number of sulfone groups is 1. The Balaban J connectivity index is 1.86. The minimum Gasteiger partial charge on any atom is -0.350 e. The van der Waals surface area contributed by atoms with Gasteiger partial charge in [-0.05, 0) is 42.6 Å². The first-order valence-corrected chi connectivity index (χ1v) is 10.6. The average Bonchev–Trinajstić information content (AvgIpc) is 3.17. The maximum absolute atomic E-state index is 13.1. The summed E-state index contributed by atoms with van der Waals surface area (Å²) in [6, 6.07) is 19.2. The lowest BCUT2D eigenvalue weighted by Gasteiger charge is -2.17. The predicted octanol–water partition coefficient (Wildman–Crippen LogP) is 4.00. The highest BCUT2D eigenvalue weighted by Gasteiger charge is 2.30. The molecule has 134 valence electrons. The van der Waals surface area contributed by atoms with Gasteiger partial charge in [0.25, 0.3) is 5.91 Å². The molecule has 1 amide bonds. The number of nitrogens with one attached hydrogen (secondary N) is 1. The largest absolute Gasteiger partial charge is 0.350 e. The van der Waals surface area contributed by atoms with Crippen molar-refractivity contribution in [3.05, 3.63) is 88.1 Å². The van der Waals surface area contributed by atoms with Crippen molar-refractivity contribution in [2.24, 2.45) is 0 Å². The first-order chi connectivity index (χ1) is 12.5. The number of hydrogen-bond acceptors (Lipinski definition) is 4. The quantitative estimate of drug-likeness (QED) is 0.697. The summed E-state index contributed by atoms with van der Waals surface area (Å²) in [5, 5.41) is 3.78. The number of carbonyl (C=O) groups is 1. The van der Waals surface area contributed by atoms with E-state index in [9.17, 15) is 13.2 Å². The highest BCUT2D eigenvalue weighted by Crippen LogP contribution is 2.31. The number of benzene rings is 2. The van der Waals surface area contributed by atoms with Gasteiger partial charge in [0.15, 0.2) is 9.84 Å². The van der Waals surface area contributed by atoms with Gasteiger partial charge in [0.2, 0.25) is 0 Å². The number of hydrogen-bond donors (Lipinski definition) is 1. The maximum atomic E-state index is 13.1. The van der Waals surface area contributed by atoms with Gasteiger partial charge in [0.1, 0.15) is 5.25 Å². The average molecular weight is 386 g/mol. The standard InChI is InChI=1S/C20H19NO3S2/c1-15-9-11-17(12-10-15)26(23,24)19(18-8-5-13-25-18)14-21-20(22)16-6-3-2-4-7-16/h2-13,19H,14H2,1H3,(H,21,22). The molecule has 2 aromatic carbocycles. The molecule has 0 aliphatic rings. The number of thiophene rings is 1. The SMILES string of the molecule is Cc1ccc(S(=O)(=O)C(CNC(=O)c2ccccc2)c2cccs2)cc1. The number of carbonyl (C=O) groups excluding carboxylic acids is 1. The summed E-state index contributed by atoms with van der Waals surface area (Å²) in [5.74, 6) is -0.286. The maximum Gasteiger partial charge on any atom is 0.251 e. The van der Waals surface area contributed by atoms with Crippen molar-refractivity contribution in [3.63, 3.8) is 0 Å². The Hall–Kier alpha value is -2.44. The lowest BCUT2D eigenvalue weighted by Crippen LogP contribution is -2.31. The molecule has 3 aromatic rings.